The summed E-state index contributed by atoms with van der Waals surface area (Å²) in [6, 6.07) is 6.26. The molecule has 0 aliphatic rings. The summed E-state index contributed by atoms with van der Waals surface area (Å²) in [5, 5.41) is 43.3. The molecule has 0 aliphatic carbocycles. The van der Waals surface area contributed by atoms with Crippen LogP contribution in [0.4, 0.5) is 0 Å². The number of aliphatic hydroxyl groups is 1. The van der Waals surface area contributed by atoms with Crippen LogP contribution in [0.25, 0.3) is 21.7 Å². The lowest BCUT2D eigenvalue weighted by Crippen LogP contribution is -2.65. The highest BCUT2D eigenvalue weighted by molar-refractivity contribution is 7.82. The number of rotatable bonds is 51. The molecule has 0 saturated heterocycles. The zero-order valence-corrected chi connectivity index (χ0v) is 71.6. The average molecular weight is 1750 g/mol. The van der Waals surface area contributed by atoms with Crippen molar-refractivity contribution >= 4 is 153 Å². The van der Waals surface area contributed by atoms with Crippen molar-refractivity contribution in [1.82, 2.24) is 68.8 Å². The van der Waals surface area contributed by atoms with Gasteiger partial charge in [0.2, 0.25) is 106 Å². The Kier molecular flexibility index (Phi) is 38.3. The number of nitrogens with two attached hydrogens (primary N) is 7. The van der Waals surface area contributed by atoms with Crippen LogP contribution in [0.2, 0.25) is 0 Å². The van der Waals surface area contributed by atoms with Gasteiger partial charge in [-0.25, -0.2) is 0 Å². The van der Waals surface area contributed by atoms with Gasteiger partial charge in [-0.3, -0.25) is 86.3 Å². The van der Waals surface area contributed by atoms with Crippen molar-refractivity contribution in [2.75, 3.05) is 13.2 Å². The molecule has 0 radical (unpaired) electrons. The number of aromatic nitrogens is 1. The van der Waals surface area contributed by atoms with E-state index in [4.69, 9.17) is 57.5 Å². The van der Waals surface area contributed by atoms with Crippen molar-refractivity contribution in [3.05, 3.63) is 114 Å². The minimum atomic E-state index is -2.07. The third-order valence-corrected chi connectivity index (χ3v) is 19.9. The minimum absolute atomic E-state index is 0.119. The van der Waals surface area contributed by atoms with Gasteiger partial charge in [-0.2, -0.15) is 25.3 Å². The lowest BCUT2D eigenvalue weighted by atomic mass is 9.88. The van der Waals surface area contributed by atoms with Gasteiger partial charge in [0.05, 0.1) is 18.9 Å². The highest BCUT2D eigenvalue weighted by Gasteiger charge is 2.44. The van der Waals surface area contributed by atoms with E-state index in [2.05, 4.69) is 81.4 Å². The molecule has 0 spiro atoms. The van der Waals surface area contributed by atoms with Crippen LogP contribution in [0.1, 0.15) is 137 Å². The highest BCUT2D eigenvalue weighted by Crippen LogP contribution is 2.26. The van der Waals surface area contributed by atoms with Crippen molar-refractivity contribution in [1.29, 1.82) is 0 Å². The molecule has 5 rings (SSSR count). The second-order valence-electron chi connectivity index (χ2n) is 31.7. The van der Waals surface area contributed by atoms with Gasteiger partial charge in [0.1, 0.15) is 84.4 Å². The molecule has 1 aromatic heterocycles. The number of aliphatic hydroxyl groups excluding tert-OH is 1. The summed E-state index contributed by atoms with van der Waals surface area (Å²) in [6.45, 7) is 13.0. The number of nitrogens with one attached hydrogen (secondary N) is 13. The molecule has 4 aromatic carbocycles. The van der Waals surface area contributed by atoms with Gasteiger partial charge in [0.25, 0.3) is 0 Å². The number of carbonyl (C=O) groups is 18. The number of benzene rings is 4. The summed E-state index contributed by atoms with van der Waals surface area (Å²) in [5.41, 5.74) is 38.1. The van der Waals surface area contributed by atoms with Crippen molar-refractivity contribution in [2.24, 2.45) is 46.1 Å². The monoisotopic (exact) mass is 1750 g/mol. The first-order valence-electron chi connectivity index (χ1n) is 39.4. The van der Waals surface area contributed by atoms with Gasteiger partial charge < -0.3 is 119 Å². The van der Waals surface area contributed by atoms with Crippen molar-refractivity contribution < 1.29 is 96.1 Å². The molecule has 0 bridgehead atoms. The summed E-state index contributed by atoms with van der Waals surface area (Å²) < 4.78 is 2.84. The van der Waals surface area contributed by atoms with E-state index in [1.54, 1.807) is 98.8 Å². The summed E-state index contributed by atoms with van der Waals surface area (Å²) in [7, 11) is 0. The van der Waals surface area contributed by atoms with E-state index in [0.717, 1.165) is 19.2 Å². The maximum Gasteiger partial charge on any atom is 0.246 e. The van der Waals surface area contributed by atoms with Crippen LogP contribution >= 0.6 is 25.3 Å². The van der Waals surface area contributed by atoms with E-state index < -0.39 is 251 Å². The molecule has 0 aliphatic heterocycles. The smallest absolute Gasteiger partial charge is 0.246 e. The molecule has 0 saturated carbocycles. The third-order valence-electron chi connectivity index (χ3n) is 19.4. The van der Waals surface area contributed by atoms with Gasteiger partial charge in [0.15, 0.2) is 0 Å². The van der Waals surface area contributed by atoms with E-state index in [-0.39, 0.29) is 38.8 Å². The first-order valence-corrected chi connectivity index (χ1v) is 40.3. The predicted molar refractivity (Wildman–Crippen MR) is 457 cm³/mol. The van der Waals surface area contributed by atoms with Crippen molar-refractivity contribution in [2.45, 2.75) is 227 Å². The Morgan fingerprint density at radius 2 is 0.870 bits per heavy atom. The van der Waals surface area contributed by atoms with E-state index >= 15 is 28.8 Å². The SMILES string of the molecule is CC(=O)N[C@H](C(=O)N[C@@H](CCC(N)=O)C(=O)N[C@H](C(=O)N[C@@H](Cc1c[nH]c2ccccc12)C(=O)N[C@@H](CCC(N)=O)C(=O)N[C@H](C(=O)N[C@@H](Cc1ccc(OCCN)cc1)C(=O)N[C@@H](Cc1ccc2ccccc2c1)C(=O)N[C@@](C)(CC(C)C)C(=O)N[C@@H](CCC(N)=O)C(=O)N[C@@H](CC(N)=O)C(=O)N[C@@H](CC(N)=O)C(N)=O)C(C)(C)S)[C@@H](C)O)C(C)(C)S. The molecule has 123 heavy (non-hydrogen) atoms. The number of aromatic amines is 1. The Bertz CT molecular complexity index is 4690. The van der Waals surface area contributed by atoms with Gasteiger partial charge in [-0.05, 0) is 119 Å². The van der Waals surface area contributed by atoms with Crippen LogP contribution in [0.15, 0.2) is 97.2 Å². The van der Waals surface area contributed by atoms with Crippen molar-refractivity contribution in [3.8, 4) is 5.75 Å². The Morgan fingerprint density at radius 1 is 0.447 bits per heavy atom. The molecule has 42 heteroatoms. The second-order valence-corrected chi connectivity index (χ2v) is 34.0. The number of para-hydroxylation sites is 1. The molecule has 28 N–H and O–H groups in total. The fourth-order valence-electron chi connectivity index (χ4n) is 13.2. The predicted octanol–water partition coefficient (Wildman–Crippen LogP) is -4.21. The number of carbonyl (C=O) groups excluding carboxylic acids is 18. The number of thiol groups is 2. The Morgan fingerprint density at radius 3 is 1.39 bits per heavy atom. The Balaban J connectivity index is 1.57. The number of fused-ring (bicyclic) bond motifs is 2. The molecule has 5 aromatic rings. The topological polar surface area (TPSA) is 679 Å². The van der Waals surface area contributed by atoms with Crippen molar-refractivity contribution in [3.63, 3.8) is 0 Å². The largest absolute Gasteiger partial charge is 0.492 e. The number of ether oxygens (including phenoxy) is 1. The number of amides is 18. The molecular weight excluding hydrogens is 1640 g/mol. The molecular formula is C81H114N20O20S2. The van der Waals surface area contributed by atoms with Gasteiger partial charge in [-0.1, -0.05) is 86.6 Å². The van der Waals surface area contributed by atoms with Crippen LogP contribution in [0.5, 0.6) is 5.75 Å². The lowest BCUT2D eigenvalue weighted by Gasteiger charge is -2.35. The first kappa shape index (κ1) is 101. The second kappa shape index (κ2) is 46.5. The molecule has 40 nitrogen and oxygen atoms in total. The maximum atomic E-state index is 15.6. The molecule has 1 heterocycles. The fraction of sp³-hybridized carbons (Fsp3) is 0.481. The van der Waals surface area contributed by atoms with E-state index in [1.807, 2.05) is 6.07 Å². The molecule has 670 valence electrons. The average Bonchev–Trinajstić information content (AvgIpc) is 1.73. The Labute approximate surface area is 720 Å². The third kappa shape index (κ3) is 32.8. The van der Waals surface area contributed by atoms with E-state index in [0.29, 0.717) is 38.7 Å². The normalized spacial score (nSPS) is 14.9. The number of primary amides is 6. The number of hydrogen-bond donors (Lipinski definition) is 23. The molecule has 13 atom stereocenters. The standard InChI is InChI=1S/C81H114N20O20S2/c1-40(2)38-81(9,78(120)98-53(26-29-61(85)106)68(110)95-58(37-63(87)108)73(115)93-54(67(88)109)36-62(86)107)101-74(116)56(34-44-18-21-45-14-10-11-15-46(45)32-44)94-71(113)55(33-43-19-22-48(23-20-43)121-31-30-82)97-77(119)66(80(7,8)123)100-70(112)52(25-28-60(84)105)91-72(114)57(35-47-39-89-50-17-13-12-16-49(47)50)96-75(117)64(41(3)102)99-69(111)51(24-27-59(83)104)92-76(118)65(79(5,6)122)90-42(4)103/h10-23,32,39-41,51-58,64-66,89,102,122-123H,24-31,33-38,82H2,1-9H3,(H2,83,104)(H2,84,105)(H2,85,106)(H2,86,107)(H2,87,108)(H2,88,109)(H,90,103)(H,91,114)(H,92,118)(H,93,115)(H,94,113)(H,95,110)(H,96,117)(H,97,119)(H,98,120)(H,99,111)(H,100,112)(H,101,116)/t41-,51+,52+,53+,54+,55+,56+,57+,58+,64+,65-,66-,81+/m1/s1. The Hall–Kier alpha value is -12.4. The first-order chi connectivity index (χ1) is 57.5. The zero-order chi connectivity index (χ0) is 92.1. The van der Waals surface area contributed by atoms with Crippen LogP contribution in [0.3, 0.4) is 0 Å². The van der Waals surface area contributed by atoms with Gasteiger partial charge >= 0.3 is 0 Å². The van der Waals surface area contributed by atoms with Gasteiger partial charge in [0, 0.05) is 78.6 Å². The molecule has 18 amide bonds. The van der Waals surface area contributed by atoms with Crippen LogP contribution in [-0.2, 0) is 106 Å². The quantitative estimate of drug-likeness (QED) is 0.0164. The highest BCUT2D eigenvalue weighted by atomic mass is 32.1. The van der Waals surface area contributed by atoms with E-state index in [1.165, 1.54) is 40.8 Å². The summed E-state index contributed by atoms with van der Waals surface area (Å²) in [4.78, 5) is 251. The van der Waals surface area contributed by atoms with Crippen LogP contribution in [0, 0.1) is 5.92 Å². The van der Waals surface area contributed by atoms with Crippen LogP contribution in [-0.4, -0.2) is 217 Å². The fourth-order valence-corrected chi connectivity index (χ4v) is 13.5. The van der Waals surface area contributed by atoms with E-state index in [9.17, 15) is 62.6 Å². The minimum Gasteiger partial charge on any atom is -0.492 e. The summed E-state index contributed by atoms with van der Waals surface area (Å²) in [6.07, 6.45) is -6.46. The number of H-pyrrole nitrogens is 1. The lowest BCUT2D eigenvalue weighted by molar-refractivity contribution is -0.139. The van der Waals surface area contributed by atoms with Crippen LogP contribution < -0.4 is 109 Å². The number of hydrogen-bond acceptors (Lipinski definition) is 23. The summed E-state index contributed by atoms with van der Waals surface area (Å²) >= 11 is 9.17. The molecule has 0 unspecified atom stereocenters. The zero-order valence-electron chi connectivity index (χ0n) is 69.8. The maximum absolute atomic E-state index is 15.6. The summed E-state index contributed by atoms with van der Waals surface area (Å²) in [5.74, 6) is -19.3. The van der Waals surface area contributed by atoms with Gasteiger partial charge in [-0.15, -0.1) is 0 Å². The molecule has 0 fully saturated rings.